The van der Waals surface area contributed by atoms with Crippen LogP contribution in [0, 0.1) is 11.3 Å². The van der Waals surface area contributed by atoms with Crippen LogP contribution in [-0.4, -0.2) is 57.0 Å². The molecule has 1 aromatic carbocycles. The van der Waals surface area contributed by atoms with E-state index >= 15 is 0 Å². The summed E-state index contributed by atoms with van der Waals surface area (Å²) in [5, 5.41) is 32.5. The third-order valence-corrected chi connectivity index (χ3v) is 7.14. The highest BCUT2D eigenvalue weighted by Gasteiger charge is 2.38. The molecule has 3 aromatic rings. The van der Waals surface area contributed by atoms with Crippen LogP contribution in [0.5, 0.6) is 5.75 Å². The molecule has 2 heterocycles. The van der Waals surface area contributed by atoms with Gasteiger partial charge in [0.15, 0.2) is 5.78 Å². The van der Waals surface area contributed by atoms with E-state index in [0.717, 1.165) is 16.2 Å². The number of nitrogen functional groups attached to an aromatic ring is 1. The Morgan fingerprint density at radius 2 is 1.35 bits per heavy atom. The van der Waals surface area contributed by atoms with E-state index in [1.807, 2.05) is 0 Å². The first kappa shape index (κ1) is 31.6. The van der Waals surface area contributed by atoms with Crippen molar-refractivity contribution < 1.29 is 57.2 Å². The van der Waals surface area contributed by atoms with Crippen molar-refractivity contribution in [2.75, 3.05) is 0 Å². The SMILES string of the molecule is N=C(N)c1ccc(OC(=O)c2ccc(-c3ccc(C(=O)C[C@@H](CC(=O)O)C(=O)O)s3)s2)cc1.O=C(O)C(F)(F)F. The van der Waals surface area contributed by atoms with Crippen LogP contribution in [0.25, 0.3) is 9.75 Å². The molecule has 3 rings (SSSR count). The molecule has 11 nitrogen and oxygen atoms in total. The standard InChI is InChI=1S/C22H18N2O7S2.C2HF3O2/c23-20(24)11-1-3-13(4-2-11)31-22(30)18-8-7-17(33-18)16-6-5-15(32-16)14(25)9-12(21(28)29)10-19(26)27;3-2(4,5)1(6)7/h1-8,12H,9-10H2,(H3,23,24)(H,26,27)(H,28,29);(H,6,7)/t12-;/m0./s1. The molecule has 6 N–H and O–H groups in total. The van der Waals surface area contributed by atoms with Crippen molar-refractivity contribution in [1.82, 2.24) is 0 Å². The summed E-state index contributed by atoms with van der Waals surface area (Å²) in [7, 11) is 0. The fourth-order valence-corrected chi connectivity index (χ4v) is 4.77. The van der Waals surface area contributed by atoms with E-state index in [2.05, 4.69) is 0 Å². The number of hydrogen-bond acceptors (Lipinski definition) is 9. The maximum absolute atomic E-state index is 12.4. The Morgan fingerprint density at radius 1 is 0.850 bits per heavy atom. The van der Waals surface area contributed by atoms with E-state index in [0.29, 0.717) is 25.9 Å². The second-order valence-electron chi connectivity index (χ2n) is 7.72. The molecule has 1 atom stereocenters. The van der Waals surface area contributed by atoms with E-state index in [9.17, 15) is 32.3 Å². The van der Waals surface area contributed by atoms with E-state index in [1.54, 1.807) is 36.4 Å². The highest BCUT2D eigenvalue weighted by atomic mass is 32.1. The summed E-state index contributed by atoms with van der Waals surface area (Å²) >= 11 is 2.31. The number of nitrogens with two attached hydrogens (primary N) is 1. The monoisotopic (exact) mass is 600 g/mol. The van der Waals surface area contributed by atoms with E-state index < -0.39 is 54.6 Å². The van der Waals surface area contributed by atoms with Gasteiger partial charge in [0.2, 0.25) is 0 Å². The number of amidine groups is 1. The first-order valence-electron chi connectivity index (χ1n) is 10.7. The molecular formula is C24H19F3N2O9S2. The van der Waals surface area contributed by atoms with Crippen LogP contribution in [0.3, 0.4) is 0 Å². The number of rotatable bonds is 10. The summed E-state index contributed by atoms with van der Waals surface area (Å²) < 4.78 is 37.1. The molecule has 0 aliphatic rings. The van der Waals surface area contributed by atoms with Crippen molar-refractivity contribution in [2.45, 2.75) is 19.0 Å². The molecular weight excluding hydrogens is 581 g/mol. The lowest BCUT2D eigenvalue weighted by atomic mass is 9.98. The lowest BCUT2D eigenvalue weighted by molar-refractivity contribution is -0.192. The zero-order valence-electron chi connectivity index (χ0n) is 19.9. The van der Waals surface area contributed by atoms with Crippen molar-refractivity contribution >= 4 is 58.2 Å². The van der Waals surface area contributed by atoms with Gasteiger partial charge in [0, 0.05) is 21.7 Å². The second kappa shape index (κ2) is 13.5. The molecule has 0 radical (unpaired) electrons. The molecule has 2 aromatic heterocycles. The van der Waals surface area contributed by atoms with Gasteiger partial charge in [-0.25, -0.2) is 9.59 Å². The molecule has 0 spiro atoms. The minimum Gasteiger partial charge on any atom is -0.481 e. The van der Waals surface area contributed by atoms with Crippen LogP contribution >= 0.6 is 22.7 Å². The van der Waals surface area contributed by atoms with E-state index in [4.69, 9.17) is 36.0 Å². The quantitative estimate of drug-likeness (QED) is 0.0731. The van der Waals surface area contributed by atoms with Crippen molar-refractivity contribution in [3.8, 4) is 15.5 Å². The number of halogens is 3. The first-order chi connectivity index (χ1) is 18.6. The zero-order valence-corrected chi connectivity index (χ0v) is 21.6. The summed E-state index contributed by atoms with van der Waals surface area (Å²) in [6.45, 7) is 0. The fourth-order valence-electron chi connectivity index (χ4n) is 2.84. The maximum atomic E-state index is 12.4. The smallest absolute Gasteiger partial charge is 0.481 e. The molecule has 0 saturated heterocycles. The number of alkyl halides is 3. The Labute approximate surface area is 230 Å². The Morgan fingerprint density at radius 3 is 1.80 bits per heavy atom. The van der Waals surface area contributed by atoms with Gasteiger partial charge >= 0.3 is 30.1 Å². The lowest BCUT2D eigenvalue weighted by Crippen LogP contribution is -2.21. The number of carboxylic acid groups (broad SMARTS) is 3. The Hall–Kier alpha value is -4.57. The third-order valence-electron chi connectivity index (χ3n) is 4.75. The molecule has 0 saturated carbocycles. The number of Topliss-reactive ketones (excluding diaryl/α,β-unsaturated/α-hetero) is 1. The van der Waals surface area contributed by atoms with Gasteiger partial charge in [0.1, 0.15) is 16.5 Å². The molecule has 212 valence electrons. The number of benzene rings is 1. The summed E-state index contributed by atoms with van der Waals surface area (Å²) in [5.74, 6) is -7.48. The van der Waals surface area contributed by atoms with Crippen molar-refractivity contribution in [2.24, 2.45) is 11.7 Å². The molecule has 40 heavy (non-hydrogen) atoms. The van der Waals surface area contributed by atoms with Gasteiger partial charge in [0.05, 0.1) is 17.2 Å². The summed E-state index contributed by atoms with van der Waals surface area (Å²) in [6, 6.07) is 12.8. The van der Waals surface area contributed by atoms with Gasteiger partial charge < -0.3 is 25.8 Å². The van der Waals surface area contributed by atoms with Crippen LogP contribution in [0.2, 0.25) is 0 Å². The average molecular weight is 601 g/mol. The Bertz CT molecular complexity index is 1430. The normalized spacial score (nSPS) is 11.5. The number of aliphatic carboxylic acids is 3. The van der Waals surface area contributed by atoms with Gasteiger partial charge in [-0.15, -0.1) is 22.7 Å². The molecule has 16 heteroatoms. The first-order valence-corrected chi connectivity index (χ1v) is 12.4. The third kappa shape index (κ3) is 9.32. The van der Waals surface area contributed by atoms with Gasteiger partial charge in [-0.05, 0) is 48.5 Å². The topological polar surface area (TPSA) is 205 Å². The lowest BCUT2D eigenvalue weighted by Gasteiger charge is -2.07. The second-order valence-corrected chi connectivity index (χ2v) is 9.89. The number of ether oxygens (including phenoxy) is 1. The Kier molecular flexibility index (Phi) is 10.7. The Balaban J connectivity index is 0.000000708. The number of nitrogens with one attached hydrogen (secondary N) is 1. The number of ketones is 1. The van der Waals surface area contributed by atoms with Crippen LogP contribution in [0.15, 0.2) is 48.5 Å². The number of esters is 1. The minimum atomic E-state index is -5.08. The summed E-state index contributed by atoms with van der Waals surface area (Å²) in [5.41, 5.74) is 5.91. The predicted molar refractivity (Wildman–Crippen MR) is 136 cm³/mol. The van der Waals surface area contributed by atoms with Crippen molar-refractivity contribution in [3.63, 3.8) is 0 Å². The zero-order chi connectivity index (χ0) is 30.2. The van der Waals surface area contributed by atoms with Crippen LogP contribution in [0.4, 0.5) is 13.2 Å². The average Bonchev–Trinajstić information content (AvgIpc) is 3.53. The summed E-state index contributed by atoms with van der Waals surface area (Å²) in [6.07, 6.45) is -6.13. The van der Waals surface area contributed by atoms with Crippen molar-refractivity contribution in [3.05, 3.63) is 63.8 Å². The molecule has 0 unspecified atom stereocenters. The minimum absolute atomic E-state index is 0.0926. The maximum Gasteiger partial charge on any atom is 0.490 e. The van der Waals surface area contributed by atoms with Crippen LogP contribution < -0.4 is 10.5 Å². The number of hydrogen-bond donors (Lipinski definition) is 5. The molecule has 0 fully saturated rings. The molecule has 0 amide bonds. The highest BCUT2D eigenvalue weighted by molar-refractivity contribution is 7.23. The van der Waals surface area contributed by atoms with Crippen molar-refractivity contribution in [1.29, 1.82) is 5.41 Å². The fraction of sp³-hybridized carbons (Fsp3) is 0.167. The van der Waals surface area contributed by atoms with Crippen LogP contribution in [-0.2, 0) is 14.4 Å². The van der Waals surface area contributed by atoms with E-state index in [-0.39, 0.29) is 5.84 Å². The molecule has 0 aliphatic carbocycles. The number of carbonyl (C=O) groups is 5. The summed E-state index contributed by atoms with van der Waals surface area (Å²) in [4.78, 5) is 57.9. The number of thiophene rings is 2. The largest absolute Gasteiger partial charge is 0.490 e. The van der Waals surface area contributed by atoms with Gasteiger partial charge in [-0.1, -0.05) is 0 Å². The van der Waals surface area contributed by atoms with Gasteiger partial charge in [0.25, 0.3) is 0 Å². The van der Waals surface area contributed by atoms with Gasteiger partial charge in [-0.3, -0.25) is 19.8 Å². The number of carboxylic acids is 3. The van der Waals surface area contributed by atoms with Gasteiger partial charge in [-0.2, -0.15) is 13.2 Å². The van der Waals surface area contributed by atoms with Crippen LogP contribution in [0.1, 0.15) is 37.7 Å². The molecule has 0 bridgehead atoms. The predicted octanol–water partition coefficient (Wildman–Crippen LogP) is 4.36. The molecule has 0 aliphatic heterocycles. The number of carbonyl (C=O) groups excluding carboxylic acids is 2. The highest BCUT2D eigenvalue weighted by Crippen LogP contribution is 2.35. The van der Waals surface area contributed by atoms with E-state index in [1.165, 1.54) is 23.5 Å².